The monoisotopic (exact) mass is 435 g/mol. The van der Waals surface area contributed by atoms with Crippen molar-refractivity contribution in [1.29, 1.82) is 0 Å². The average molecular weight is 436 g/mol. The number of amidine groups is 1. The van der Waals surface area contributed by atoms with Gasteiger partial charge < -0.3 is 10.1 Å². The summed E-state index contributed by atoms with van der Waals surface area (Å²) in [4.78, 5) is 17.6. The molecule has 7 nitrogen and oxygen atoms in total. The molecule has 1 fully saturated rings. The van der Waals surface area contributed by atoms with E-state index in [1.165, 1.54) is 19.3 Å². The summed E-state index contributed by atoms with van der Waals surface area (Å²) in [5, 5.41) is 2.92. The van der Waals surface area contributed by atoms with Crippen molar-refractivity contribution in [3.05, 3.63) is 29.8 Å². The highest BCUT2D eigenvalue weighted by Crippen LogP contribution is 2.26. The van der Waals surface area contributed by atoms with Gasteiger partial charge in [-0.05, 0) is 36.8 Å². The molecule has 8 heteroatoms. The van der Waals surface area contributed by atoms with Crippen molar-refractivity contribution in [2.24, 2.45) is 16.8 Å². The quantitative estimate of drug-likeness (QED) is 0.614. The van der Waals surface area contributed by atoms with Gasteiger partial charge in [0.25, 0.3) is 10.0 Å². The van der Waals surface area contributed by atoms with Crippen LogP contribution >= 0.6 is 0 Å². The number of hydrogen-bond acceptors (Lipinski definition) is 5. The SMILES string of the molecule is CC[C@H](C)[C@H](N=C1NS(=O)(=O)c2ccccc21)C(=O)NCCOC1CCCCC1C. The predicted molar refractivity (Wildman–Crippen MR) is 117 cm³/mol. The molecule has 1 aromatic rings. The summed E-state index contributed by atoms with van der Waals surface area (Å²) >= 11 is 0. The highest BCUT2D eigenvalue weighted by Gasteiger charge is 2.33. The van der Waals surface area contributed by atoms with Gasteiger partial charge in [0.05, 0.1) is 17.6 Å². The molecule has 0 aromatic heterocycles. The lowest BCUT2D eigenvalue weighted by Gasteiger charge is -2.28. The van der Waals surface area contributed by atoms with Gasteiger partial charge in [-0.1, -0.05) is 52.2 Å². The van der Waals surface area contributed by atoms with Crippen LogP contribution in [-0.4, -0.2) is 45.5 Å². The van der Waals surface area contributed by atoms with E-state index in [4.69, 9.17) is 4.74 Å². The van der Waals surface area contributed by atoms with Crippen LogP contribution in [0.5, 0.6) is 0 Å². The molecule has 4 atom stereocenters. The number of carbonyl (C=O) groups is 1. The van der Waals surface area contributed by atoms with Crippen molar-refractivity contribution in [3.8, 4) is 0 Å². The standard InChI is InChI=1S/C22H33N3O4S/c1-4-15(2)20(22(26)23-13-14-29-18-11-7-5-9-16(18)3)24-21-17-10-6-8-12-19(17)30(27,28)25-21/h6,8,10,12,15-16,18,20H,4-5,7,9,11,13-14H2,1-3H3,(H,23,26)(H,24,25)/t15-,16?,18?,20-/m0/s1. The second kappa shape index (κ2) is 9.92. The number of ether oxygens (including phenoxy) is 1. The fraction of sp³-hybridized carbons (Fsp3) is 0.636. The van der Waals surface area contributed by atoms with Crippen LogP contribution in [0.15, 0.2) is 34.2 Å². The lowest BCUT2D eigenvalue weighted by atomic mass is 9.88. The van der Waals surface area contributed by atoms with Gasteiger partial charge in [-0.15, -0.1) is 0 Å². The minimum absolute atomic E-state index is 0.0333. The van der Waals surface area contributed by atoms with Gasteiger partial charge in [-0.25, -0.2) is 8.42 Å². The van der Waals surface area contributed by atoms with Gasteiger partial charge in [0.1, 0.15) is 11.9 Å². The summed E-state index contributed by atoms with van der Waals surface area (Å²) in [5.74, 6) is 0.553. The molecule has 2 unspecified atom stereocenters. The van der Waals surface area contributed by atoms with Crippen LogP contribution in [0.2, 0.25) is 0 Å². The predicted octanol–water partition coefficient (Wildman–Crippen LogP) is 2.85. The number of amides is 1. The number of nitrogens with one attached hydrogen (secondary N) is 2. The lowest BCUT2D eigenvalue weighted by molar-refractivity contribution is -0.123. The minimum Gasteiger partial charge on any atom is -0.376 e. The third-order valence-corrected chi connectivity index (χ3v) is 7.55. The van der Waals surface area contributed by atoms with Gasteiger partial charge in [-0.2, -0.15) is 0 Å². The number of aliphatic imine (C=N–C) groups is 1. The summed E-state index contributed by atoms with van der Waals surface area (Å²) in [5.41, 5.74) is 0.508. The van der Waals surface area contributed by atoms with Crippen molar-refractivity contribution < 1.29 is 17.9 Å². The Morgan fingerprint density at radius 3 is 2.77 bits per heavy atom. The highest BCUT2D eigenvalue weighted by atomic mass is 32.2. The van der Waals surface area contributed by atoms with E-state index in [-0.39, 0.29) is 28.7 Å². The molecule has 0 spiro atoms. The number of benzene rings is 1. The molecule has 1 aliphatic heterocycles. The second-order valence-corrected chi connectivity index (χ2v) is 10.0. The van der Waals surface area contributed by atoms with Crippen molar-refractivity contribution in [2.45, 2.75) is 69.9 Å². The Hall–Kier alpha value is -1.93. The molecular formula is C22H33N3O4S. The first-order chi connectivity index (χ1) is 14.3. The average Bonchev–Trinajstić information content (AvgIpc) is 3.00. The zero-order valence-corrected chi connectivity index (χ0v) is 18.9. The molecule has 1 amide bonds. The molecule has 0 bridgehead atoms. The van der Waals surface area contributed by atoms with E-state index in [0.717, 1.165) is 12.8 Å². The topological polar surface area (TPSA) is 96.9 Å². The van der Waals surface area contributed by atoms with E-state index < -0.39 is 16.1 Å². The van der Waals surface area contributed by atoms with E-state index in [1.54, 1.807) is 24.3 Å². The number of nitrogens with zero attached hydrogens (tertiary/aromatic N) is 1. The normalized spacial score (nSPS) is 25.9. The summed E-state index contributed by atoms with van der Waals surface area (Å²) in [6.07, 6.45) is 5.76. The third-order valence-electron chi connectivity index (χ3n) is 6.15. The number of hydrogen-bond donors (Lipinski definition) is 2. The molecule has 166 valence electrons. The lowest BCUT2D eigenvalue weighted by Crippen LogP contribution is -2.41. The molecule has 3 rings (SSSR count). The van der Waals surface area contributed by atoms with Crippen LogP contribution in [0, 0.1) is 11.8 Å². The zero-order chi connectivity index (χ0) is 21.7. The number of fused-ring (bicyclic) bond motifs is 1. The van der Waals surface area contributed by atoms with Gasteiger partial charge in [0, 0.05) is 12.1 Å². The molecule has 2 N–H and O–H groups in total. The Morgan fingerprint density at radius 2 is 2.03 bits per heavy atom. The van der Waals surface area contributed by atoms with Crippen LogP contribution in [0.1, 0.15) is 58.4 Å². The van der Waals surface area contributed by atoms with Crippen LogP contribution < -0.4 is 10.0 Å². The van der Waals surface area contributed by atoms with Crippen LogP contribution in [0.25, 0.3) is 0 Å². The first-order valence-electron chi connectivity index (χ1n) is 10.9. The molecule has 1 aliphatic carbocycles. The first kappa shape index (κ1) is 22.7. The maximum absolute atomic E-state index is 12.9. The fourth-order valence-corrected chi connectivity index (χ4v) is 5.29. The number of carbonyl (C=O) groups excluding carboxylic acids is 1. The highest BCUT2D eigenvalue weighted by molar-refractivity contribution is 7.90. The Labute approximate surface area is 179 Å². The Bertz CT molecular complexity index is 884. The Kier molecular flexibility index (Phi) is 7.52. The number of rotatable bonds is 8. The molecule has 1 aromatic carbocycles. The van der Waals surface area contributed by atoms with Crippen LogP contribution in [-0.2, 0) is 19.6 Å². The van der Waals surface area contributed by atoms with Gasteiger partial charge in [0.15, 0.2) is 0 Å². The Morgan fingerprint density at radius 1 is 1.30 bits per heavy atom. The maximum atomic E-state index is 12.9. The smallest absolute Gasteiger partial charge is 0.263 e. The van der Waals surface area contributed by atoms with E-state index >= 15 is 0 Å². The zero-order valence-electron chi connectivity index (χ0n) is 18.1. The minimum atomic E-state index is -3.63. The number of sulfonamides is 1. The van der Waals surface area contributed by atoms with Crippen LogP contribution in [0.4, 0.5) is 0 Å². The maximum Gasteiger partial charge on any atom is 0.263 e. The van der Waals surface area contributed by atoms with E-state index in [2.05, 4.69) is 22.0 Å². The second-order valence-electron chi connectivity index (χ2n) is 8.37. The van der Waals surface area contributed by atoms with Gasteiger partial charge >= 0.3 is 0 Å². The van der Waals surface area contributed by atoms with Crippen LogP contribution in [0.3, 0.4) is 0 Å². The third kappa shape index (κ3) is 5.21. The summed E-state index contributed by atoms with van der Waals surface area (Å²) in [6.45, 7) is 7.05. The molecule has 1 heterocycles. The molecule has 2 aliphatic rings. The van der Waals surface area contributed by atoms with Crippen molar-refractivity contribution in [1.82, 2.24) is 10.0 Å². The van der Waals surface area contributed by atoms with E-state index in [1.807, 2.05) is 13.8 Å². The van der Waals surface area contributed by atoms with E-state index in [9.17, 15) is 13.2 Å². The van der Waals surface area contributed by atoms with Gasteiger partial charge in [0.2, 0.25) is 5.91 Å². The molecule has 0 radical (unpaired) electrons. The van der Waals surface area contributed by atoms with E-state index in [0.29, 0.717) is 24.6 Å². The summed E-state index contributed by atoms with van der Waals surface area (Å²) in [6, 6.07) is 6.01. The first-order valence-corrected chi connectivity index (χ1v) is 12.4. The van der Waals surface area contributed by atoms with Crippen molar-refractivity contribution >= 4 is 21.8 Å². The Balaban J connectivity index is 1.65. The molecule has 30 heavy (non-hydrogen) atoms. The van der Waals surface area contributed by atoms with Crippen molar-refractivity contribution in [3.63, 3.8) is 0 Å². The summed E-state index contributed by atoms with van der Waals surface area (Å²) in [7, 11) is -3.63. The molecule has 0 saturated heterocycles. The fourth-order valence-electron chi connectivity index (χ4n) is 4.06. The van der Waals surface area contributed by atoms with Gasteiger partial charge in [-0.3, -0.25) is 14.5 Å². The molecular weight excluding hydrogens is 402 g/mol. The molecule has 1 saturated carbocycles. The van der Waals surface area contributed by atoms with Crippen molar-refractivity contribution in [2.75, 3.05) is 13.2 Å². The summed E-state index contributed by atoms with van der Waals surface area (Å²) < 4.78 is 33.1. The largest absolute Gasteiger partial charge is 0.376 e.